The minimum absolute atomic E-state index is 0.0136. The number of hydrogen-bond donors (Lipinski definition) is 2. The van der Waals surface area contributed by atoms with E-state index in [9.17, 15) is 0 Å². The van der Waals surface area contributed by atoms with Crippen LogP contribution in [0.15, 0.2) is 54.1 Å². The van der Waals surface area contributed by atoms with Crippen molar-refractivity contribution in [3.63, 3.8) is 0 Å². The lowest BCUT2D eigenvalue weighted by Crippen LogP contribution is -2.29. The molecular weight excluding hydrogens is 196 g/mol. The lowest BCUT2D eigenvalue weighted by atomic mass is 9.76. The summed E-state index contributed by atoms with van der Waals surface area (Å²) in [7, 11) is 0. The highest BCUT2D eigenvalue weighted by Gasteiger charge is 2.30. The maximum absolute atomic E-state index is 6.29. The van der Waals surface area contributed by atoms with Gasteiger partial charge in [0.25, 0.3) is 0 Å². The maximum Gasteiger partial charge on any atom is 0.0430 e. The van der Waals surface area contributed by atoms with Crippen LogP contribution in [0.25, 0.3) is 5.70 Å². The number of rotatable bonds is 0. The lowest BCUT2D eigenvalue weighted by Gasteiger charge is -2.32. The fourth-order valence-corrected chi connectivity index (χ4v) is 2.52. The lowest BCUT2D eigenvalue weighted by molar-refractivity contribution is 0.587. The summed E-state index contributed by atoms with van der Waals surface area (Å²) >= 11 is 0. The predicted molar refractivity (Wildman–Crippen MR) is 66.2 cm³/mol. The first-order chi connectivity index (χ1) is 7.79. The first kappa shape index (κ1) is 9.43. The van der Waals surface area contributed by atoms with Gasteiger partial charge < -0.3 is 11.5 Å². The fraction of sp³-hybridized carbons (Fsp3) is 0.143. The van der Waals surface area contributed by atoms with Gasteiger partial charge in [0.05, 0.1) is 0 Å². The topological polar surface area (TPSA) is 52.0 Å². The van der Waals surface area contributed by atoms with Gasteiger partial charge in [0.2, 0.25) is 0 Å². The summed E-state index contributed by atoms with van der Waals surface area (Å²) in [5.41, 5.74) is 16.7. The summed E-state index contributed by atoms with van der Waals surface area (Å²) in [4.78, 5) is 0. The first-order valence-electron chi connectivity index (χ1n) is 5.48. The Kier molecular flexibility index (Phi) is 1.98. The largest absolute Gasteiger partial charge is 0.398 e. The third-order valence-corrected chi connectivity index (χ3v) is 3.37. The number of hydrogen-bond acceptors (Lipinski definition) is 2. The van der Waals surface area contributed by atoms with Crippen LogP contribution in [0.5, 0.6) is 0 Å². The molecule has 2 atom stereocenters. The van der Waals surface area contributed by atoms with Crippen LogP contribution in [0.2, 0.25) is 0 Å². The normalized spacial score (nSPS) is 26.6. The van der Waals surface area contributed by atoms with Crippen molar-refractivity contribution in [2.24, 2.45) is 17.4 Å². The molecule has 0 amide bonds. The van der Waals surface area contributed by atoms with Gasteiger partial charge in [-0.2, -0.15) is 0 Å². The monoisotopic (exact) mass is 210 g/mol. The molecule has 0 fully saturated rings. The van der Waals surface area contributed by atoms with E-state index in [1.54, 1.807) is 0 Å². The first-order valence-corrected chi connectivity index (χ1v) is 5.48. The molecule has 0 radical (unpaired) electrons. The van der Waals surface area contributed by atoms with Crippen LogP contribution >= 0.6 is 0 Å². The average molecular weight is 210 g/mol. The van der Waals surface area contributed by atoms with E-state index in [-0.39, 0.29) is 12.0 Å². The zero-order valence-corrected chi connectivity index (χ0v) is 8.93. The van der Waals surface area contributed by atoms with E-state index < -0.39 is 0 Å². The van der Waals surface area contributed by atoms with E-state index in [4.69, 9.17) is 11.5 Å². The number of allylic oxidation sites excluding steroid dienone is 3. The molecule has 0 aromatic heterocycles. The number of fused-ring (bicyclic) bond motifs is 2. The fourth-order valence-electron chi connectivity index (χ4n) is 2.52. The summed E-state index contributed by atoms with van der Waals surface area (Å²) in [5, 5.41) is 0. The van der Waals surface area contributed by atoms with Crippen molar-refractivity contribution in [1.29, 1.82) is 0 Å². The molecule has 0 spiro atoms. The molecule has 0 bridgehead atoms. The molecule has 2 nitrogen and oxygen atoms in total. The SMILES string of the molecule is NC1=C2C=CC=CC2[C@H](N)c2ccccc21. The Morgan fingerprint density at radius 1 is 1.06 bits per heavy atom. The Balaban J connectivity index is 2.26. The van der Waals surface area contributed by atoms with Gasteiger partial charge in [-0.1, -0.05) is 48.6 Å². The standard InChI is InChI=1S/C14H14N2/c15-13-9-5-1-2-6-10(9)14(16)12-8-4-3-7-11(12)13/h1-9,13H,15-16H2/t9?,13-/m0/s1. The van der Waals surface area contributed by atoms with E-state index in [0.29, 0.717) is 0 Å². The molecule has 80 valence electrons. The van der Waals surface area contributed by atoms with Crippen molar-refractivity contribution < 1.29 is 0 Å². The van der Waals surface area contributed by atoms with Crippen molar-refractivity contribution >= 4 is 5.70 Å². The van der Waals surface area contributed by atoms with Crippen molar-refractivity contribution in [3.05, 3.63) is 65.3 Å². The second kappa shape index (κ2) is 3.35. The van der Waals surface area contributed by atoms with Crippen LogP contribution in [0.3, 0.4) is 0 Å². The number of benzene rings is 1. The third-order valence-electron chi connectivity index (χ3n) is 3.37. The van der Waals surface area contributed by atoms with Crippen molar-refractivity contribution in [3.8, 4) is 0 Å². The Bertz CT molecular complexity index is 523. The van der Waals surface area contributed by atoms with Crippen LogP contribution in [0.1, 0.15) is 17.2 Å². The van der Waals surface area contributed by atoms with Crippen LogP contribution in [0.4, 0.5) is 0 Å². The van der Waals surface area contributed by atoms with Crippen molar-refractivity contribution in [2.45, 2.75) is 6.04 Å². The zero-order chi connectivity index (χ0) is 11.1. The van der Waals surface area contributed by atoms with Crippen LogP contribution < -0.4 is 11.5 Å². The molecule has 3 rings (SSSR count). The van der Waals surface area contributed by atoms with Gasteiger partial charge >= 0.3 is 0 Å². The van der Waals surface area contributed by atoms with Crippen molar-refractivity contribution in [1.82, 2.24) is 0 Å². The van der Waals surface area contributed by atoms with E-state index >= 15 is 0 Å². The Hall–Kier alpha value is -1.80. The molecule has 1 aromatic rings. The van der Waals surface area contributed by atoms with Gasteiger partial charge in [-0.25, -0.2) is 0 Å². The summed E-state index contributed by atoms with van der Waals surface area (Å²) < 4.78 is 0. The highest BCUT2D eigenvalue weighted by atomic mass is 14.7. The molecule has 0 saturated carbocycles. The predicted octanol–water partition coefficient (Wildman–Crippen LogP) is 2.11. The summed E-state index contributed by atoms with van der Waals surface area (Å²) in [5.74, 6) is 0.222. The van der Waals surface area contributed by atoms with Gasteiger partial charge in [-0.3, -0.25) is 0 Å². The highest BCUT2D eigenvalue weighted by Crippen LogP contribution is 2.40. The van der Waals surface area contributed by atoms with Crippen molar-refractivity contribution in [2.75, 3.05) is 0 Å². The molecule has 1 unspecified atom stereocenters. The smallest absolute Gasteiger partial charge is 0.0430 e. The zero-order valence-electron chi connectivity index (χ0n) is 8.93. The van der Waals surface area contributed by atoms with Gasteiger partial charge in [-0.05, 0) is 11.1 Å². The second-order valence-corrected chi connectivity index (χ2v) is 4.25. The molecule has 2 aliphatic carbocycles. The maximum atomic E-state index is 6.29. The minimum Gasteiger partial charge on any atom is -0.398 e. The van der Waals surface area contributed by atoms with Crippen LogP contribution in [-0.2, 0) is 0 Å². The third kappa shape index (κ3) is 1.17. The minimum atomic E-state index is 0.0136. The molecule has 4 N–H and O–H groups in total. The molecule has 0 heterocycles. The van der Waals surface area contributed by atoms with Gasteiger partial charge in [0, 0.05) is 23.2 Å². The Morgan fingerprint density at radius 2 is 1.88 bits per heavy atom. The van der Waals surface area contributed by atoms with Gasteiger partial charge in [-0.15, -0.1) is 0 Å². The van der Waals surface area contributed by atoms with Crippen LogP contribution in [0, 0.1) is 5.92 Å². The molecule has 0 saturated heterocycles. The molecule has 1 aromatic carbocycles. The van der Waals surface area contributed by atoms with E-state index in [1.807, 2.05) is 30.4 Å². The summed E-state index contributed by atoms with van der Waals surface area (Å²) in [6, 6.07) is 8.14. The quantitative estimate of drug-likeness (QED) is 0.689. The number of nitrogens with two attached hydrogens (primary N) is 2. The average Bonchev–Trinajstić information content (AvgIpc) is 2.36. The highest BCUT2D eigenvalue weighted by molar-refractivity contribution is 5.75. The van der Waals surface area contributed by atoms with E-state index in [1.165, 1.54) is 0 Å². The van der Waals surface area contributed by atoms with Gasteiger partial charge in [0.15, 0.2) is 0 Å². The summed E-state index contributed by atoms with van der Waals surface area (Å²) in [6.07, 6.45) is 8.24. The van der Waals surface area contributed by atoms with E-state index in [2.05, 4.69) is 18.2 Å². The molecule has 2 heteroatoms. The van der Waals surface area contributed by atoms with Crippen LogP contribution in [-0.4, -0.2) is 0 Å². The Morgan fingerprint density at radius 3 is 2.75 bits per heavy atom. The summed E-state index contributed by atoms with van der Waals surface area (Å²) in [6.45, 7) is 0. The molecule has 0 aliphatic heterocycles. The Labute approximate surface area is 95.0 Å². The molecule has 2 aliphatic rings. The second-order valence-electron chi connectivity index (χ2n) is 4.25. The molecule has 16 heavy (non-hydrogen) atoms. The van der Waals surface area contributed by atoms with Gasteiger partial charge in [0.1, 0.15) is 0 Å². The molecular formula is C14H14N2. The van der Waals surface area contributed by atoms with E-state index in [0.717, 1.165) is 22.4 Å².